The number of likely N-dealkylation sites (tertiary alicyclic amines) is 2. The van der Waals surface area contributed by atoms with Gasteiger partial charge in [0.25, 0.3) is 5.91 Å². The van der Waals surface area contributed by atoms with Crippen LogP contribution in [-0.4, -0.2) is 64.2 Å². The van der Waals surface area contributed by atoms with Gasteiger partial charge in [0.05, 0.1) is 0 Å². The Morgan fingerprint density at radius 3 is 2.48 bits per heavy atom. The normalized spacial score (nSPS) is 22.7. The minimum Gasteiger partial charge on any atom is -0.378 e. The first kappa shape index (κ1) is 21.7. The number of aryl methyl sites for hydroxylation is 2. The molecule has 3 heterocycles. The highest BCUT2D eigenvalue weighted by molar-refractivity contribution is 8.15. The number of thioether (sulfide) groups is 1. The first-order chi connectivity index (χ1) is 14.7. The summed E-state index contributed by atoms with van der Waals surface area (Å²) in [4.78, 5) is 44.7. The van der Waals surface area contributed by atoms with E-state index in [1.165, 1.54) is 17.3 Å². The number of nitrogens with one attached hydrogen (secondary N) is 1. The van der Waals surface area contributed by atoms with Gasteiger partial charge in [-0.1, -0.05) is 29.5 Å². The Bertz CT molecular complexity index is 939. The van der Waals surface area contributed by atoms with Crippen LogP contribution in [0.3, 0.4) is 0 Å². The second-order valence-corrected chi connectivity index (χ2v) is 10.1. The number of nitrogens with two attached hydrogens (primary N) is 1. The molecule has 0 aromatic heterocycles. The number of carbonyl (C=O) groups excluding carboxylic acids is 3. The standard InChI is InChI=1S/C22H29N5O3S/c1-14-3-4-16(15(2)11-14)24-21(30)26-8-5-22(6-9-26)7-10-27(13-22)18(28)12-17-19(29)25-20(23)31-17/h3-4,11,17H,5-10,12-13H2,1-2H3,(H,24,30)(H2,23,25,29). The van der Waals surface area contributed by atoms with Gasteiger partial charge in [-0.15, -0.1) is 0 Å². The van der Waals surface area contributed by atoms with Gasteiger partial charge in [0.1, 0.15) is 5.25 Å². The number of hydrogen-bond acceptors (Lipinski definition) is 5. The summed E-state index contributed by atoms with van der Waals surface area (Å²) >= 11 is 1.17. The van der Waals surface area contributed by atoms with Crippen LogP contribution < -0.4 is 11.1 Å². The number of urea groups is 1. The van der Waals surface area contributed by atoms with E-state index < -0.39 is 5.25 Å². The van der Waals surface area contributed by atoms with E-state index in [-0.39, 0.29) is 34.8 Å². The second-order valence-electron chi connectivity index (χ2n) is 8.90. The lowest BCUT2D eigenvalue weighted by molar-refractivity contribution is -0.132. The molecule has 0 bridgehead atoms. The monoisotopic (exact) mass is 443 g/mol. The van der Waals surface area contributed by atoms with Gasteiger partial charge < -0.3 is 20.9 Å². The molecule has 166 valence electrons. The minimum absolute atomic E-state index is 0.0114. The molecule has 8 nitrogen and oxygen atoms in total. The van der Waals surface area contributed by atoms with Crippen molar-refractivity contribution in [2.45, 2.75) is 44.8 Å². The van der Waals surface area contributed by atoms with E-state index in [1.54, 1.807) is 0 Å². The molecule has 1 atom stereocenters. The maximum Gasteiger partial charge on any atom is 0.321 e. The molecule has 1 aromatic carbocycles. The molecule has 3 N–H and O–H groups in total. The van der Waals surface area contributed by atoms with Crippen LogP contribution in [0, 0.1) is 19.3 Å². The number of benzene rings is 1. The maximum atomic E-state index is 12.7. The van der Waals surface area contributed by atoms with Crippen molar-refractivity contribution < 1.29 is 14.4 Å². The first-order valence-electron chi connectivity index (χ1n) is 10.7. The van der Waals surface area contributed by atoms with Crippen molar-refractivity contribution in [2.24, 2.45) is 16.1 Å². The lowest BCUT2D eigenvalue weighted by Crippen LogP contribution is -2.46. The maximum absolute atomic E-state index is 12.7. The number of anilines is 1. The van der Waals surface area contributed by atoms with E-state index in [0.717, 1.165) is 30.5 Å². The van der Waals surface area contributed by atoms with E-state index >= 15 is 0 Å². The molecule has 1 unspecified atom stereocenters. The molecule has 1 aromatic rings. The Hall–Kier alpha value is -2.55. The van der Waals surface area contributed by atoms with E-state index in [9.17, 15) is 14.4 Å². The molecule has 4 rings (SSSR count). The van der Waals surface area contributed by atoms with Crippen LogP contribution >= 0.6 is 11.8 Å². The highest BCUT2D eigenvalue weighted by Gasteiger charge is 2.43. The van der Waals surface area contributed by atoms with Crippen molar-refractivity contribution in [3.63, 3.8) is 0 Å². The summed E-state index contributed by atoms with van der Waals surface area (Å²) in [5.41, 5.74) is 8.72. The molecule has 2 saturated heterocycles. The summed E-state index contributed by atoms with van der Waals surface area (Å²) in [7, 11) is 0. The zero-order valence-electron chi connectivity index (χ0n) is 18.0. The Morgan fingerprint density at radius 2 is 1.87 bits per heavy atom. The largest absolute Gasteiger partial charge is 0.378 e. The highest BCUT2D eigenvalue weighted by Crippen LogP contribution is 2.41. The molecule has 2 fully saturated rings. The summed E-state index contributed by atoms with van der Waals surface area (Å²) in [5, 5.41) is 2.78. The Balaban J connectivity index is 1.28. The number of nitrogens with zero attached hydrogens (tertiary/aromatic N) is 3. The molecule has 3 aliphatic rings. The van der Waals surface area contributed by atoms with Crippen molar-refractivity contribution in [3.8, 4) is 0 Å². The lowest BCUT2D eigenvalue weighted by Gasteiger charge is -2.39. The van der Waals surface area contributed by atoms with Gasteiger partial charge in [-0.3, -0.25) is 9.59 Å². The molecule has 0 saturated carbocycles. The van der Waals surface area contributed by atoms with Gasteiger partial charge in [0, 0.05) is 38.3 Å². The highest BCUT2D eigenvalue weighted by atomic mass is 32.2. The van der Waals surface area contributed by atoms with Crippen LogP contribution in [0.5, 0.6) is 0 Å². The van der Waals surface area contributed by atoms with Crippen LogP contribution in [0.1, 0.15) is 36.8 Å². The van der Waals surface area contributed by atoms with Crippen LogP contribution in [0.25, 0.3) is 0 Å². The summed E-state index contributed by atoms with van der Waals surface area (Å²) in [6.07, 6.45) is 2.85. The molecule has 4 amide bonds. The van der Waals surface area contributed by atoms with E-state index in [1.807, 2.05) is 35.8 Å². The lowest BCUT2D eigenvalue weighted by atomic mass is 9.78. The van der Waals surface area contributed by atoms with Gasteiger partial charge >= 0.3 is 6.03 Å². The molecule has 1 spiro atoms. The fraction of sp³-hybridized carbons (Fsp3) is 0.545. The van der Waals surface area contributed by atoms with Crippen molar-refractivity contribution in [1.29, 1.82) is 0 Å². The Morgan fingerprint density at radius 1 is 1.19 bits per heavy atom. The summed E-state index contributed by atoms with van der Waals surface area (Å²) in [5.74, 6) is -0.324. The number of amidine groups is 1. The number of hydrogen-bond donors (Lipinski definition) is 2. The zero-order chi connectivity index (χ0) is 22.2. The molecular weight excluding hydrogens is 414 g/mol. The smallest absolute Gasteiger partial charge is 0.321 e. The van der Waals surface area contributed by atoms with Crippen molar-refractivity contribution in [1.82, 2.24) is 9.80 Å². The second kappa shape index (κ2) is 8.53. The van der Waals surface area contributed by atoms with Crippen molar-refractivity contribution >= 4 is 40.5 Å². The van der Waals surface area contributed by atoms with Gasteiger partial charge in [-0.2, -0.15) is 4.99 Å². The van der Waals surface area contributed by atoms with Crippen LogP contribution in [0.15, 0.2) is 23.2 Å². The van der Waals surface area contributed by atoms with Crippen LogP contribution in [0.2, 0.25) is 0 Å². The molecular formula is C22H29N5O3S. The molecule has 31 heavy (non-hydrogen) atoms. The fourth-order valence-corrected chi connectivity index (χ4v) is 5.52. The van der Waals surface area contributed by atoms with E-state index in [4.69, 9.17) is 5.73 Å². The molecule has 9 heteroatoms. The summed E-state index contributed by atoms with van der Waals surface area (Å²) in [6, 6.07) is 5.93. The topological polar surface area (TPSA) is 108 Å². The van der Waals surface area contributed by atoms with Gasteiger partial charge in [-0.25, -0.2) is 4.79 Å². The zero-order valence-corrected chi connectivity index (χ0v) is 18.8. The van der Waals surface area contributed by atoms with E-state index in [2.05, 4.69) is 16.4 Å². The first-order valence-corrected chi connectivity index (χ1v) is 11.6. The third kappa shape index (κ3) is 4.71. The Kier molecular flexibility index (Phi) is 5.96. The van der Waals surface area contributed by atoms with Crippen molar-refractivity contribution in [3.05, 3.63) is 29.3 Å². The fourth-order valence-electron chi connectivity index (χ4n) is 4.71. The number of piperidine rings is 1. The van der Waals surface area contributed by atoms with Gasteiger partial charge in [0.2, 0.25) is 5.91 Å². The Labute approximate surface area is 186 Å². The van der Waals surface area contributed by atoms with E-state index in [0.29, 0.717) is 26.2 Å². The number of aliphatic imine (C=N–C) groups is 1. The minimum atomic E-state index is -0.486. The van der Waals surface area contributed by atoms with Crippen molar-refractivity contribution in [2.75, 3.05) is 31.5 Å². The predicted octanol–water partition coefficient (Wildman–Crippen LogP) is 2.50. The van der Waals surface area contributed by atoms with Crippen LogP contribution in [0.4, 0.5) is 10.5 Å². The molecule has 0 aliphatic carbocycles. The van der Waals surface area contributed by atoms with Crippen LogP contribution in [-0.2, 0) is 9.59 Å². The average Bonchev–Trinajstić information content (AvgIpc) is 3.27. The summed E-state index contributed by atoms with van der Waals surface area (Å²) < 4.78 is 0. The third-order valence-electron chi connectivity index (χ3n) is 6.64. The quantitative estimate of drug-likeness (QED) is 0.746. The number of amides is 4. The van der Waals surface area contributed by atoms with Gasteiger partial charge in [0.15, 0.2) is 5.17 Å². The average molecular weight is 444 g/mol. The number of rotatable bonds is 3. The number of carbonyl (C=O) groups is 3. The third-order valence-corrected chi connectivity index (χ3v) is 7.63. The SMILES string of the molecule is Cc1ccc(NC(=O)N2CCC3(CCN(C(=O)CC4SC(N)=NC4=O)C3)CC2)c(C)c1. The predicted molar refractivity (Wildman–Crippen MR) is 122 cm³/mol. The molecule has 3 aliphatic heterocycles. The summed E-state index contributed by atoms with van der Waals surface area (Å²) in [6.45, 7) is 6.79. The van der Waals surface area contributed by atoms with Gasteiger partial charge in [-0.05, 0) is 50.2 Å². The molecule has 0 radical (unpaired) electrons.